The topological polar surface area (TPSA) is 108 Å². The van der Waals surface area contributed by atoms with Gasteiger partial charge < -0.3 is 15.7 Å². The fraction of sp³-hybridized carbons (Fsp3) is 0.375. The van der Waals surface area contributed by atoms with Crippen molar-refractivity contribution in [2.75, 3.05) is 25.4 Å². The summed E-state index contributed by atoms with van der Waals surface area (Å²) < 4.78 is 0. The van der Waals surface area contributed by atoms with Gasteiger partial charge in [-0.05, 0) is 0 Å². The van der Waals surface area contributed by atoms with Gasteiger partial charge in [-0.1, -0.05) is 6.08 Å². The zero-order chi connectivity index (χ0) is 11.3. The maximum absolute atomic E-state index is 11.7. The number of nitrogen functional groups attached to an aromatic ring is 1. The van der Waals surface area contributed by atoms with E-state index in [1.165, 1.54) is 4.90 Å². The Morgan fingerprint density at radius 2 is 2.47 bits per heavy atom. The Labute approximate surface area is 86.6 Å². The van der Waals surface area contributed by atoms with Crippen LogP contribution in [0.2, 0.25) is 0 Å². The summed E-state index contributed by atoms with van der Waals surface area (Å²) in [7, 11) is 0. The lowest BCUT2D eigenvalue weighted by Crippen LogP contribution is -2.34. The van der Waals surface area contributed by atoms with E-state index in [0.717, 1.165) is 0 Å². The number of hydrogen-bond donors (Lipinski definition) is 3. The first-order valence-corrected chi connectivity index (χ1v) is 4.38. The maximum Gasteiger partial charge on any atom is 0.291 e. The number of aromatic nitrogens is 3. The third-order valence-electron chi connectivity index (χ3n) is 1.71. The van der Waals surface area contributed by atoms with Crippen molar-refractivity contribution in [1.82, 2.24) is 20.1 Å². The number of aromatic amines is 1. The number of rotatable bonds is 5. The Morgan fingerprint density at radius 3 is 2.93 bits per heavy atom. The van der Waals surface area contributed by atoms with E-state index in [0.29, 0.717) is 6.54 Å². The third-order valence-corrected chi connectivity index (χ3v) is 1.71. The van der Waals surface area contributed by atoms with Crippen LogP contribution in [0.5, 0.6) is 0 Å². The van der Waals surface area contributed by atoms with Crippen LogP contribution in [0.4, 0.5) is 5.95 Å². The molecule has 7 heteroatoms. The minimum absolute atomic E-state index is 0.0147. The zero-order valence-electron chi connectivity index (χ0n) is 8.18. The van der Waals surface area contributed by atoms with E-state index >= 15 is 0 Å². The van der Waals surface area contributed by atoms with Gasteiger partial charge in [-0.2, -0.15) is 4.98 Å². The van der Waals surface area contributed by atoms with Gasteiger partial charge in [0, 0.05) is 13.1 Å². The van der Waals surface area contributed by atoms with E-state index in [2.05, 4.69) is 21.8 Å². The highest BCUT2D eigenvalue weighted by molar-refractivity contribution is 5.90. The molecule has 4 N–H and O–H groups in total. The van der Waals surface area contributed by atoms with Gasteiger partial charge in [-0.15, -0.1) is 11.7 Å². The van der Waals surface area contributed by atoms with Gasteiger partial charge in [0.05, 0.1) is 6.61 Å². The summed E-state index contributed by atoms with van der Waals surface area (Å²) in [6.45, 7) is 3.94. The Morgan fingerprint density at radius 1 is 1.73 bits per heavy atom. The van der Waals surface area contributed by atoms with Crippen LogP contribution in [0.1, 0.15) is 10.6 Å². The minimum atomic E-state index is -0.367. The van der Waals surface area contributed by atoms with Crippen molar-refractivity contribution >= 4 is 11.9 Å². The standard InChI is InChI=1S/C8H13N5O2/c1-2-3-13(4-5-14)7(15)6-10-8(9)12-11-6/h2,14H,1,3-5H2,(H3,9,10,11,12). The molecule has 0 saturated carbocycles. The Kier molecular flexibility index (Phi) is 3.81. The fourth-order valence-electron chi connectivity index (χ4n) is 1.07. The van der Waals surface area contributed by atoms with Crippen LogP contribution in [-0.4, -0.2) is 50.8 Å². The lowest BCUT2D eigenvalue weighted by Gasteiger charge is -2.17. The van der Waals surface area contributed by atoms with Crippen LogP contribution in [-0.2, 0) is 0 Å². The molecule has 0 aromatic carbocycles. The van der Waals surface area contributed by atoms with Crippen molar-refractivity contribution in [3.8, 4) is 0 Å². The van der Waals surface area contributed by atoms with E-state index in [1.54, 1.807) is 6.08 Å². The summed E-state index contributed by atoms with van der Waals surface area (Å²) in [5, 5.41) is 14.7. The van der Waals surface area contributed by atoms with Crippen molar-refractivity contribution in [2.45, 2.75) is 0 Å². The van der Waals surface area contributed by atoms with Gasteiger partial charge in [-0.25, -0.2) is 0 Å². The molecule has 1 heterocycles. The van der Waals surface area contributed by atoms with E-state index < -0.39 is 0 Å². The zero-order valence-corrected chi connectivity index (χ0v) is 8.18. The van der Waals surface area contributed by atoms with Crippen molar-refractivity contribution in [3.05, 3.63) is 18.5 Å². The molecule has 0 unspecified atom stereocenters. The molecular weight excluding hydrogens is 198 g/mol. The average Bonchev–Trinajstić information content (AvgIpc) is 2.63. The number of hydrogen-bond acceptors (Lipinski definition) is 5. The van der Waals surface area contributed by atoms with E-state index in [1.807, 2.05) is 0 Å². The first-order valence-electron chi connectivity index (χ1n) is 4.38. The van der Waals surface area contributed by atoms with Crippen LogP contribution >= 0.6 is 0 Å². The third kappa shape index (κ3) is 2.78. The molecule has 0 saturated heterocycles. The lowest BCUT2D eigenvalue weighted by molar-refractivity contribution is 0.0731. The van der Waals surface area contributed by atoms with E-state index in [4.69, 9.17) is 10.8 Å². The second-order valence-corrected chi connectivity index (χ2v) is 2.81. The highest BCUT2D eigenvalue weighted by Gasteiger charge is 2.17. The van der Waals surface area contributed by atoms with Crippen molar-refractivity contribution in [2.24, 2.45) is 0 Å². The number of nitrogens with one attached hydrogen (secondary N) is 1. The average molecular weight is 211 g/mol. The molecule has 7 nitrogen and oxygen atoms in total. The summed E-state index contributed by atoms with van der Waals surface area (Å²) in [4.78, 5) is 16.8. The van der Waals surface area contributed by atoms with Crippen LogP contribution in [0.25, 0.3) is 0 Å². The van der Waals surface area contributed by atoms with E-state index in [9.17, 15) is 4.79 Å². The van der Waals surface area contributed by atoms with Gasteiger partial charge in [0.15, 0.2) is 0 Å². The van der Waals surface area contributed by atoms with Crippen LogP contribution in [0, 0.1) is 0 Å². The molecule has 0 radical (unpaired) electrons. The van der Waals surface area contributed by atoms with E-state index in [-0.39, 0.29) is 30.8 Å². The van der Waals surface area contributed by atoms with Gasteiger partial charge in [0.25, 0.3) is 5.91 Å². The quantitative estimate of drug-likeness (QED) is 0.542. The number of carbonyl (C=O) groups is 1. The number of nitrogens with zero attached hydrogens (tertiary/aromatic N) is 3. The number of amides is 1. The van der Waals surface area contributed by atoms with Crippen LogP contribution < -0.4 is 5.73 Å². The lowest BCUT2D eigenvalue weighted by atomic mass is 10.4. The Bertz CT molecular complexity index is 349. The predicted octanol–water partition coefficient (Wildman–Crippen LogP) is -0.993. The Balaban J connectivity index is 2.75. The number of anilines is 1. The second kappa shape index (κ2) is 5.11. The first kappa shape index (κ1) is 11.2. The monoisotopic (exact) mass is 211 g/mol. The molecule has 15 heavy (non-hydrogen) atoms. The molecule has 0 spiro atoms. The number of aliphatic hydroxyl groups is 1. The van der Waals surface area contributed by atoms with Gasteiger partial charge in [-0.3, -0.25) is 9.89 Å². The molecule has 0 atom stereocenters. The molecule has 0 aliphatic carbocycles. The minimum Gasteiger partial charge on any atom is -0.395 e. The van der Waals surface area contributed by atoms with Gasteiger partial charge >= 0.3 is 0 Å². The highest BCUT2D eigenvalue weighted by atomic mass is 16.3. The molecule has 0 bridgehead atoms. The molecule has 0 aliphatic heterocycles. The van der Waals surface area contributed by atoms with Gasteiger partial charge in [0.1, 0.15) is 0 Å². The molecule has 1 aromatic heterocycles. The molecule has 1 aromatic rings. The Hall–Kier alpha value is -1.89. The summed E-state index contributed by atoms with van der Waals surface area (Å²) >= 11 is 0. The normalized spacial score (nSPS) is 9.93. The summed E-state index contributed by atoms with van der Waals surface area (Å²) in [5.74, 6) is -0.295. The first-order chi connectivity index (χ1) is 7.19. The number of nitrogens with two attached hydrogens (primary N) is 1. The van der Waals surface area contributed by atoms with Gasteiger partial charge in [0.2, 0.25) is 11.8 Å². The SMILES string of the molecule is C=CCN(CCO)C(=O)c1nc(N)n[nH]1. The smallest absolute Gasteiger partial charge is 0.291 e. The van der Waals surface area contributed by atoms with Crippen molar-refractivity contribution in [1.29, 1.82) is 0 Å². The number of aliphatic hydroxyl groups excluding tert-OH is 1. The van der Waals surface area contributed by atoms with Crippen molar-refractivity contribution < 1.29 is 9.90 Å². The second-order valence-electron chi connectivity index (χ2n) is 2.81. The largest absolute Gasteiger partial charge is 0.395 e. The predicted molar refractivity (Wildman–Crippen MR) is 54.0 cm³/mol. The number of H-pyrrole nitrogens is 1. The molecular formula is C8H13N5O2. The maximum atomic E-state index is 11.7. The molecule has 82 valence electrons. The number of carbonyl (C=O) groups excluding carboxylic acids is 1. The molecule has 1 amide bonds. The van der Waals surface area contributed by atoms with Crippen LogP contribution in [0.3, 0.4) is 0 Å². The van der Waals surface area contributed by atoms with Crippen LogP contribution in [0.15, 0.2) is 12.7 Å². The fourth-order valence-corrected chi connectivity index (χ4v) is 1.07. The van der Waals surface area contributed by atoms with Crippen molar-refractivity contribution in [3.63, 3.8) is 0 Å². The highest BCUT2D eigenvalue weighted by Crippen LogP contribution is 2.00. The molecule has 1 rings (SSSR count). The molecule has 0 fully saturated rings. The molecule has 0 aliphatic rings. The summed E-state index contributed by atoms with van der Waals surface area (Å²) in [6, 6.07) is 0. The summed E-state index contributed by atoms with van der Waals surface area (Å²) in [5.41, 5.74) is 5.27. The summed E-state index contributed by atoms with van der Waals surface area (Å²) in [6.07, 6.45) is 1.56.